The van der Waals surface area contributed by atoms with Crippen molar-refractivity contribution in [3.8, 4) is 0 Å². The van der Waals surface area contributed by atoms with Crippen molar-refractivity contribution in [2.45, 2.75) is 19.9 Å². The van der Waals surface area contributed by atoms with Crippen molar-refractivity contribution in [2.75, 3.05) is 26.2 Å². The van der Waals surface area contributed by atoms with Gasteiger partial charge >= 0.3 is 0 Å². The summed E-state index contributed by atoms with van der Waals surface area (Å²) in [6.07, 6.45) is 4.91. The lowest BCUT2D eigenvalue weighted by Crippen LogP contribution is -2.39. The van der Waals surface area contributed by atoms with E-state index in [1.54, 1.807) is 0 Å². The first-order chi connectivity index (χ1) is 12.2. The molecule has 1 aromatic carbocycles. The van der Waals surface area contributed by atoms with Gasteiger partial charge < -0.3 is 4.90 Å². The third-order valence-electron chi connectivity index (χ3n) is 5.63. The molecular formula is C21H25N3O. The Morgan fingerprint density at radius 2 is 1.76 bits per heavy atom. The third kappa shape index (κ3) is 3.59. The number of piperidine rings is 1. The van der Waals surface area contributed by atoms with Crippen LogP contribution in [0.25, 0.3) is 0 Å². The summed E-state index contributed by atoms with van der Waals surface area (Å²) in [5.41, 5.74) is 3.33. The first-order valence-corrected chi connectivity index (χ1v) is 9.16. The Balaban J connectivity index is 1.38. The smallest absolute Gasteiger partial charge is 0.253 e. The van der Waals surface area contributed by atoms with E-state index in [2.05, 4.69) is 33.8 Å². The van der Waals surface area contributed by atoms with Gasteiger partial charge in [0.15, 0.2) is 0 Å². The first kappa shape index (κ1) is 16.3. The second-order valence-corrected chi connectivity index (χ2v) is 7.48. The predicted octanol–water partition coefficient (Wildman–Crippen LogP) is 2.98. The molecule has 3 heterocycles. The minimum atomic E-state index is 0.190. The number of aromatic nitrogens is 1. The van der Waals surface area contributed by atoms with Crippen molar-refractivity contribution in [2.24, 2.45) is 11.8 Å². The Labute approximate surface area is 149 Å². The molecule has 0 bridgehead atoms. The molecule has 4 rings (SSSR count). The van der Waals surface area contributed by atoms with Crippen LogP contribution >= 0.6 is 0 Å². The molecule has 0 radical (unpaired) electrons. The molecule has 1 aromatic heterocycles. The van der Waals surface area contributed by atoms with E-state index >= 15 is 0 Å². The number of rotatable bonds is 3. The summed E-state index contributed by atoms with van der Waals surface area (Å²) in [5.74, 6) is 1.45. The van der Waals surface area contributed by atoms with E-state index in [1.165, 1.54) is 17.5 Å². The van der Waals surface area contributed by atoms with E-state index in [0.29, 0.717) is 11.8 Å². The molecule has 1 amide bonds. The average molecular weight is 335 g/mol. The van der Waals surface area contributed by atoms with Gasteiger partial charge in [0, 0.05) is 44.1 Å². The molecule has 0 N–H and O–H groups in total. The van der Waals surface area contributed by atoms with Crippen LogP contribution in [0.4, 0.5) is 0 Å². The fraction of sp³-hybridized carbons (Fsp3) is 0.429. The molecule has 2 saturated heterocycles. The molecule has 2 aliphatic heterocycles. The van der Waals surface area contributed by atoms with Gasteiger partial charge in [-0.1, -0.05) is 17.7 Å². The van der Waals surface area contributed by atoms with E-state index in [4.69, 9.17) is 0 Å². The highest BCUT2D eigenvalue weighted by atomic mass is 16.2. The number of likely N-dealkylation sites (tertiary alicyclic amines) is 2. The van der Waals surface area contributed by atoms with E-state index in [9.17, 15) is 4.79 Å². The van der Waals surface area contributed by atoms with Gasteiger partial charge in [-0.3, -0.25) is 14.7 Å². The minimum Gasteiger partial charge on any atom is -0.338 e. The SMILES string of the molecule is Cc1ccc(C(=O)N2C[C@H]3CN(Cc4ccncc4)CC[C@H]3C2)cc1. The van der Waals surface area contributed by atoms with Gasteiger partial charge in [-0.2, -0.15) is 0 Å². The van der Waals surface area contributed by atoms with Gasteiger partial charge in [0.25, 0.3) is 5.91 Å². The average Bonchev–Trinajstić information content (AvgIpc) is 3.06. The molecule has 0 aliphatic carbocycles. The van der Waals surface area contributed by atoms with Crippen molar-refractivity contribution < 1.29 is 4.79 Å². The zero-order chi connectivity index (χ0) is 17.2. The molecule has 0 spiro atoms. The van der Waals surface area contributed by atoms with Crippen LogP contribution in [0.1, 0.15) is 27.9 Å². The van der Waals surface area contributed by atoms with Crippen LogP contribution in [0.15, 0.2) is 48.8 Å². The van der Waals surface area contributed by atoms with Crippen LogP contribution < -0.4 is 0 Å². The number of pyridine rings is 1. The number of hydrogen-bond acceptors (Lipinski definition) is 3. The Morgan fingerprint density at radius 3 is 2.52 bits per heavy atom. The Kier molecular flexibility index (Phi) is 4.53. The van der Waals surface area contributed by atoms with Crippen LogP contribution in [-0.2, 0) is 6.54 Å². The van der Waals surface area contributed by atoms with Gasteiger partial charge in [0.2, 0.25) is 0 Å². The standard InChI is InChI=1S/C21H25N3O/c1-16-2-4-18(5-3-16)21(25)24-14-19-8-11-23(13-20(19)15-24)12-17-6-9-22-10-7-17/h2-7,9-10,19-20H,8,11-15H2,1H3/t19-,20+/m0/s1. The highest BCUT2D eigenvalue weighted by Gasteiger charge is 2.38. The molecule has 2 atom stereocenters. The lowest BCUT2D eigenvalue weighted by molar-refractivity contribution is 0.0783. The molecule has 25 heavy (non-hydrogen) atoms. The van der Waals surface area contributed by atoms with Gasteiger partial charge in [-0.15, -0.1) is 0 Å². The monoisotopic (exact) mass is 335 g/mol. The molecule has 0 unspecified atom stereocenters. The highest BCUT2D eigenvalue weighted by molar-refractivity contribution is 5.94. The van der Waals surface area contributed by atoms with Gasteiger partial charge in [0.1, 0.15) is 0 Å². The quantitative estimate of drug-likeness (QED) is 0.865. The van der Waals surface area contributed by atoms with Gasteiger partial charge in [-0.25, -0.2) is 0 Å². The number of nitrogens with zero attached hydrogens (tertiary/aromatic N) is 3. The Bertz CT molecular complexity index is 729. The third-order valence-corrected chi connectivity index (χ3v) is 5.63. The molecule has 4 heteroatoms. The van der Waals surface area contributed by atoms with Crippen LogP contribution in [0, 0.1) is 18.8 Å². The zero-order valence-corrected chi connectivity index (χ0v) is 14.8. The summed E-state index contributed by atoms with van der Waals surface area (Å²) in [6, 6.07) is 12.1. The van der Waals surface area contributed by atoms with Crippen LogP contribution in [0.3, 0.4) is 0 Å². The lowest BCUT2D eigenvalue weighted by Gasteiger charge is -2.34. The summed E-state index contributed by atoms with van der Waals surface area (Å²) in [4.78, 5) is 21.5. The highest BCUT2D eigenvalue weighted by Crippen LogP contribution is 2.32. The number of carbonyl (C=O) groups excluding carboxylic acids is 1. The van der Waals surface area contributed by atoms with E-state index in [-0.39, 0.29) is 5.91 Å². The van der Waals surface area contributed by atoms with Crippen molar-refractivity contribution in [3.63, 3.8) is 0 Å². The van der Waals surface area contributed by atoms with Crippen molar-refractivity contribution in [1.82, 2.24) is 14.8 Å². The van der Waals surface area contributed by atoms with E-state index in [1.807, 2.05) is 36.7 Å². The molecule has 130 valence electrons. The first-order valence-electron chi connectivity index (χ1n) is 9.16. The molecule has 2 aliphatic rings. The number of hydrogen-bond donors (Lipinski definition) is 0. The lowest BCUT2D eigenvalue weighted by atomic mass is 9.88. The summed E-state index contributed by atoms with van der Waals surface area (Å²) < 4.78 is 0. The summed E-state index contributed by atoms with van der Waals surface area (Å²) >= 11 is 0. The van der Waals surface area contributed by atoms with E-state index in [0.717, 1.165) is 38.3 Å². The van der Waals surface area contributed by atoms with E-state index < -0.39 is 0 Å². The number of fused-ring (bicyclic) bond motifs is 1. The largest absolute Gasteiger partial charge is 0.338 e. The summed E-state index contributed by atoms with van der Waals surface area (Å²) in [7, 11) is 0. The molecule has 4 nitrogen and oxygen atoms in total. The van der Waals surface area contributed by atoms with Crippen molar-refractivity contribution in [3.05, 3.63) is 65.5 Å². The van der Waals surface area contributed by atoms with Crippen LogP contribution in [-0.4, -0.2) is 46.9 Å². The molecule has 2 aromatic rings. The fourth-order valence-corrected chi connectivity index (χ4v) is 4.18. The predicted molar refractivity (Wildman–Crippen MR) is 98.2 cm³/mol. The normalized spacial score (nSPS) is 23.5. The van der Waals surface area contributed by atoms with Gasteiger partial charge in [0.05, 0.1) is 0 Å². The molecule has 0 saturated carbocycles. The van der Waals surface area contributed by atoms with Crippen LogP contribution in [0.2, 0.25) is 0 Å². The summed E-state index contributed by atoms with van der Waals surface area (Å²) in [6.45, 7) is 7.05. The number of amides is 1. The zero-order valence-electron chi connectivity index (χ0n) is 14.8. The Hall–Kier alpha value is -2.20. The second kappa shape index (κ2) is 6.96. The fourth-order valence-electron chi connectivity index (χ4n) is 4.18. The maximum Gasteiger partial charge on any atom is 0.253 e. The second-order valence-electron chi connectivity index (χ2n) is 7.48. The van der Waals surface area contributed by atoms with Crippen molar-refractivity contribution in [1.29, 1.82) is 0 Å². The Morgan fingerprint density at radius 1 is 1.04 bits per heavy atom. The summed E-state index contributed by atoms with van der Waals surface area (Å²) in [5, 5.41) is 0. The number of benzene rings is 1. The minimum absolute atomic E-state index is 0.190. The molecular weight excluding hydrogens is 310 g/mol. The number of aryl methyl sites for hydroxylation is 1. The van der Waals surface area contributed by atoms with Crippen LogP contribution in [0.5, 0.6) is 0 Å². The molecule has 2 fully saturated rings. The number of carbonyl (C=O) groups is 1. The maximum absolute atomic E-state index is 12.8. The maximum atomic E-state index is 12.8. The van der Waals surface area contributed by atoms with Gasteiger partial charge in [-0.05, 0) is 61.6 Å². The topological polar surface area (TPSA) is 36.4 Å². The van der Waals surface area contributed by atoms with Crippen molar-refractivity contribution >= 4 is 5.91 Å².